The van der Waals surface area contributed by atoms with Gasteiger partial charge in [0.15, 0.2) is 0 Å². The van der Waals surface area contributed by atoms with E-state index in [2.05, 4.69) is 9.80 Å². The van der Waals surface area contributed by atoms with Crippen molar-refractivity contribution in [3.63, 3.8) is 0 Å². The molecular formula is C12H24Cl2N4. The van der Waals surface area contributed by atoms with Gasteiger partial charge in [-0.25, -0.2) is 8.84 Å². The molecule has 0 aromatic carbocycles. The first-order chi connectivity index (χ1) is 8.74. The van der Waals surface area contributed by atoms with Crippen molar-refractivity contribution in [1.29, 1.82) is 0 Å². The Morgan fingerprint density at radius 2 is 0.833 bits per heavy atom. The van der Waals surface area contributed by atoms with E-state index in [1.54, 1.807) is 0 Å². The predicted molar refractivity (Wildman–Crippen MR) is 77.0 cm³/mol. The number of nitrogens with zero attached hydrogens (tertiary/aromatic N) is 4. The quantitative estimate of drug-likeness (QED) is 0.625. The lowest BCUT2D eigenvalue weighted by atomic mass is 10.2. The molecule has 0 spiro atoms. The summed E-state index contributed by atoms with van der Waals surface area (Å²) in [6.45, 7) is 10.6. The molecule has 2 atom stereocenters. The van der Waals surface area contributed by atoms with Gasteiger partial charge in [0.1, 0.15) is 0 Å². The van der Waals surface area contributed by atoms with E-state index in [-0.39, 0.29) is 0 Å². The van der Waals surface area contributed by atoms with Crippen molar-refractivity contribution in [2.24, 2.45) is 0 Å². The third-order valence-corrected chi connectivity index (χ3v) is 4.48. The van der Waals surface area contributed by atoms with Gasteiger partial charge in [0.2, 0.25) is 0 Å². The van der Waals surface area contributed by atoms with Crippen molar-refractivity contribution in [1.82, 2.24) is 18.6 Å². The van der Waals surface area contributed by atoms with Crippen LogP contribution in [0.1, 0.15) is 12.8 Å². The minimum atomic E-state index is 0.964. The second-order valence-electron chi connectivity index (χ2n) is 5.21. The molecule has 2 aliphatic heterocycles. The maximum atomic E-state index is 6.21. The lowest BCUT2D eigenvalue weighted by Gasteiger charge is -2.33. The SMILES string of the molecule is ClN1CCCN2CCN(Cl)CCCN(CC1)CC2. The number of rotatable bonds is 0. The van der Waals surface area contributed by atoms with E-state index in [1.165, 1.54) is 0 Å². The Labute approximate surface area is 121 Å². The zero-order chi connectivity index (χ0) is 12.8. The molecule has 0 aromatic heterocycles. The summed E-state index contributed by atoms with van der Waals surface area (Å²) in [4.78, 5) is 5.04. The molecule has 18 heavy (non-hydrogen) atoms. The van der Waals surface area contributed by atoms with Gasteiger partial charge in [0, 0.05) is 52.4 Å². The number of halogens is 2. The molecule has 0 aliphatic carbocycles. The topological polar surface area (TPSA) is 13.0 Å². The molecular weight excluding hydrogens is 271 g/mol. The van der Waals surface area contributed by atoms with Gasteiger partial charge in [0.05, 0.1) is 0 Å². The molecule has 0 aromatic rings. The third-order valence-electron chi connectivity index (χ3n) is 3.80. The molecule has 2 heterocycles. The van der Waals surface area contributed by atoms with Crippen LogP contribution in [0, 0.1) is 0 Å². The molecule has 2 aliphatic rings. The second-order valence-corrected chi connectivity index (χ2v) is 6.17. The maximum Gasteiger partial charge on any atom is 0.0266 e. The largest absolute Gasteiger partial charge is 0.301 e. The summed E-state index contributed by atoms with van der Waals surface area (Å²) >= 11 is 12.4. The van der Waals surface area contributed by atoms with Crippen molar-refractivity contribution < 1.29 is 0 Å². The van der Waals surface area contributed by atoms with Crippen LogP contribution in [-0.2, 0) is 0 Å². The van der Waals surface area contributed by atoms with E-state index >= 15 is 0 Å². The van der Waals surface area contributed by atoms with E-state index in [0.717, 1.165) is 78.3 Å². The van der Waals surface area contributed by atoms with Crippen molar-refractivity contribution in [2.75, 3.05) is 65.4 Å². The lowest BCUT2D eigenvalue weighted by molar-refractivity contribution is 0.158. The van der Waals surface area contributed by atoms with Crippen molar-refractivity contribution >= 4 is 23.6 Å². The van der Waals surface area contributed by atoms with Crippen LogP contribution >= 0.6 is 23.6 Å². The summed E-state index contributed by atoms with van der Waals surface area (Å²) < 4.78 is 3.88. The maximum absolute atomic E-state index is 6.21. The van der Waals surface area contributed by atoms with Crippen LogP contribution in [-0.4, -0.2) is 84.1 Å². The standard InChI is InChI=1S/C12H24Cl2N4/c13-17-5-1-3-15-7-8-16(10-11-17)4-2-6-18(14)12-9-15/h1-12H2. The minimum absolute atomic E-state index is 0.964. The highest BCUT2D eigenvalue weighted by Gasteiger charge is 2.16. The summed E-state index contributed by atoms with van der Waals surface area (Å²) in [5.74, 6) is 0. The van der Waals surface area contributed by atoms with E-state index in [1.807, 2.05) is 8.84 Å². The molecule has 2 rings (SSSR count). The molecule has 0 amide bonds. The van der Waals surface area contributed by atoms with Gasteiger partial charge in [-0.05, 0) is 49.5 Å². The van der Waals surface area contributed by atoms with Crippen molar-refractivity contribution in [3.05, 3.63) is 0 Å². The summed E-state index contributed by atoms with van der Waals surface area (Å²) in [7, 11) is 0. The summed E-state index contributed by atoms with van der Waals surface area (Å²) in [6, 6.07) is 0. The average molecular weight is 295 g/mol. The van der Waals surface area contributed by atoms with E-state index < -0.39 is 0 Å². The summed E-state index contributed by atoms with van der Waals surface area (Å²) in [6.07, 6.45) is 2.29. The molecule has 2 unspecified atom stereocenters. The molecule has 0 N–H and O–H groups in total. The monoisotopic (exact) mass is 294 g/mol. The zero-order valence-electron chi connectivity index (χ0n) is 11.0. The predicted octanol–water partition coefficient (Wildman–Crippen LogP) is 1.31. The van der Waals surface area contributed by atoms with Crippen molar-refractivity contribution in [3.8, 4) is 0 Å². The molecule has 4 nitrogen and oxygen atoms in total. The highest BCUT2D eigenvalue weighted by Crippen LogP contribution is 2.07. The fourth-order valence-electron chi connectivity index (χ4n) is 2.61. The second kappa shape index (κ2) is 7.88. The average Bonchev–Trinajstić information content (AvgIpc) is 2.37. The highest BCUT2D eigenvalue weighted by molar-refractivity contribution is 6.13. The Morgan fingerprint density at radius 1 is 0.444 bits per heavy atom. The van der Waals surface area contributed by atoms with Gasteiger partial charge in [-0.2, -0.15) is 0 Å². The number of fused-ring (bicyclic) bond motifs is 3. The minimum Gasteiger partial charge on any atom is -0.301 e. The lowest BCUT2D eigenvalue weighted by Crippen LogP contribution is -2.44. The van der Waals surface area contributed by atoms with Gasteiger partial charge >= 0.3 is 0 Å². The van der Waals surface area contributed by atoms with Gasteiger partial charge in [-0.3, -0.25) is 0 Å². The first-order valence-corrected chi connectivity index (χ1v) is 7.68. The van der Waals surface area contributed by atoms with E-state index in [9.17, 15) is 0 Å². The number of hydrogen-bond acceptors (Lipinski definition) is 4. The highest BCUT2D eigenvalue weighted by atomic mass is 35.5. The van der Waals surface area contributed by atoms with Crippen LogP contribution in [0.2, 0.25) is 0 Å². The summed E-state index contributed by atoms with van der Waals surface area (Å²) in [5.41, 5.74) is 0. The zero-order valence-corrected chi connectivity index (χ0v) is 12.5. The third kappa shape index (κ3) is 5.19. The Kier molecular flexibility index (Phi) is 6.49. The van der Waals surface area contributed by atoms with Crippen molar-refractivity contribution in [2.45, 2.75) is 12.8 Å². The van der Waals surface area contributed by atoms with Gasteiger partial charge in [0.25, 0.3) is 0 Å². The Balaban J connectivity index is 1.95. The van der Waals surface area contributed by atoms with Crippen LogP contribution in [0.15, 0.2) is 0 Å². The van der Waals surface area contributed by atoms with E-state index in [4.69, 9.17) is 23.6 Å². The first-order valence-electron chi connectivity index (χ1n) is 7.00. The molecule has 106 valence electrons. The smallest absolute Gasteiger partial charge is 0.0266 e. The molecule has 0 radical (unpaired) electrons. The van der Waals surface area contributed by atoms with Crippen LogP contribution in [0.3, 0.4) is 0 Å². The Hall–Kier alpha value is 0.420. The van der Waals surface area contributed by atoms with E-state index in [0.29, 0.717) is 0 Å². The normalized spacial score (nSPS) is 34.3. The Bertz CT molecular complexity index is 218. The molecule has 2 fully saturated rings. The van der Waals surface area contributed by atoms with Gasteiger partial charge < -0.3 is 9.80 Å². The van der Waals surface area contributed by atoms with Crippen LogP contribution in [0.4, 0.5) is 0 Å². The van der Waals surface area contributed by atoms with Crippen LogP contribution in [0.25, 0.3) is 0 Å². The van der Waals surface area contributed by atoms with Crippen LogP contribution in [0.5, 0.6) is 0 Å². The fourth-order valence-corrected chi connectivity index (χ4v) is 3.00. The fraction of sp³-hybridized carbons (Fsp3) is 1.00. The summed E-state index contributed by atoms with van der Waals surface area (Å²) in [5, 5.41) is 0. The molecule has 2 saturated heterocycles. The van der Waals surface area contributed by atoms with Crippen LogP contribution < -0.4 is 0 Å². The van der Waals surface area contributed by atoms with Gasteiger partial charge in [-0.15, -0.1) is 0 Å². The Morgan fingerprint density at radius 3 is 1.28 bits per heavy atom. The van der Waals surface area contributed by atoms with Gasteiger partial charge in [-0.1, -0.05) is 0 Å². The number of hydrogen-bond donors (Lipinski definition) is 0. The molecule has 6 heteroatoms. The molecule has 0 saturated carbocycles. The first kappa shape index (κ1) is 14.8. The molecule has 2 bridgehead atoms.